The first-order valence-electron chi connectivity index (χ1n) is 2.52. The second-order valence-corrected chi connectivity index (χ2v) is 4.45. The fourth-order valence-corrected chi connectivity index (χ4v) is 1.87. The van der Waals surface area contributed by atoms with Gasteiger partial charge in [0, 0.05) is 0 Å². The summed E-state index contributed by atoms with van der Waals surface area (Å²) in [5.41, 5.74) is 0. The molecule has 1 heterocycles. The molecule has 1 N–H and O–H groups in total. The average Bonchev–Trinajstić information content (AvgIpc) is 2.32. The van der Waals surface area contributed by atoms with Crippen molar-refractivity contribution in [2.75, 3.05) is 0 Å². The van der Waals surface area contributed by atoms with E-state index in [0.29, 0.717) is 11.3 Å². The monoisotopic (exact) mass is 197 g/mol. The highest BCUT2D eigenvalue weighted by atomic mass is 32.3. The lowest BCUT2D eigenvalue weighted by molar-refractivity contribution is 0.483. The molecule has 0 saturated heterocycles. The second-order valence-electron chi connectivity index (χ2n) is 1.68. The first kappa shape index (κ1) is 8.57. The smallest absolute Gasteiger partial charge is 0.281 e. The number of hydrogen-bond acceptors (Lipinski definition) is 4. The van der Waals surface area contributed by atoms with E-state index in [4.69, 9.17) is 4.55 Å². The van der Waals surface area contributed by atoms with E-state index in [2.05, 4.69) is 4.98 Å². The molecule has 0 amide bonds. The molecule has 0 aliphatic carbocycles. The number of rotatable bonds is 2. The summed E-state index contributed by atoms with van der Waals surface area (Å²) in [6.45, 7) is -0.819. The summed E-state index contributed by atoms with van der Waals surface area (Å²) >= 11 is 0.616. The van der Waals surface area contributed by atoms with Gasteiger partial charge in [0.1, 0.15) is 11.7 Å². The molecule has 1 rings (SSSR count). The third-order valence-corrected chi connectivity index (χ3v) is 3.15. The molecule has 0 aromatic carbocycles. The molecule has 0 spiro atoms. The van der Waals surface area contributed by atoms with Crippen LogP contribution in [0.1, 0.15) is 5.01 Å². The Balaban J connectivity index is 3.09. The molecular formula is C4H4FNO3S2. The highest BCUT2D eigenvalue weighted by Crippen LogP contribution is 2.18. The molecule has 62 valence electrons. The Morgan fingerprint density at radius 1 is 1.73 bits per heavy atom. The van der Waals surface area contributed by atoms with E-state index in [1.54, 1.807) is 0 Å². The normalized spacial score (nSPS) is 11.8. The van der Waals surface area contributed by atoms with Crippen LogP contribution in [0, 0.1) is 0 Å². The van der Waals surface area contributed by atoms with Crippen LogP contribution in [0.15, 0.2) is 10.4 Å². The van der Waals surface area contributed by atoms with Crippen molar-refractivity contribution in [2.24, 2.45) is 0 Å². The third-order valence-electron chi connectivity index (χ3n) is 0.901. The Morgan fingerprint density at radius 2 is 2.36 bits per heavy atom. The summed E-state index contributed by atoms with van der Waals surface area (Å²) in [5, 5.41) is 0.0395. The molecule has 0 aliphatic rings. The quantitative estimate of drug-likeness (QED) is 0.714. The van der Waals surface area contributed by atoms with Gasteiger partial charge in [0.25, 0.3) is 0 Å². The molecule has 0 bridgehead atoms. The van der Waals surface area contributed by atoms with Crippen LogP contribution in [-0.2, 0) is 16.8 Å². The second kappa shape index (κ2) is 2.84. The van der Waals surface area contributed by atoms with Gasteiger partial charge in [0.2, 0.25) is 0 Å². The zero-order valence-electron chi connectivity index (χ0n) is 5.19. The van der Waals surface area contributed by atoms with Gasteiger partial charge in [-0.05, 0) is 0 Å². The van der Waals surface area contributed by atoms with E-state index < -0.39 is 16.8 Å². The van der Waals surface area contributed by atoms with E-state index in [-0.39, 0.29) is 9.22 Å². The maximum atomic E-state index is 11.8. The van der Waals surface area contributed by atoms with Gasteiger partial charge in [-0.25, -0.2) is 9.37 Å². The lowest BCUT2D eigenvalue weighted by Crippen LogP contribution is -1.93. The maximum Gasteiger partial charge on any atom is 0.305 e. The molecule has 0 unspecified atom stereocenters. The molecular weight excluding hydrogens is 193 g/mol. The number of halogens is 1. The predicted octanol–water partition coefficient (Wildman–Crippen LogP) is 0.859. The minimum Gasteiger partial charge on any atom is -0.281 e. The van der Waals surface area contributed by atoms with Gasteiger partial charge in [0.15, 0.2) is 4.21 Å². The maximum absolute atomic E-state index is 11.8. The Morgan fingerprint density at radius 3 is 2.64 bits per heavy atom. The van der Waals surface area contributed by atoms with E-state index in [1.165, 1.54) is 0 Å². The van der Waals surface area contributed by atoms with Gasteiger partial charge in [-0.3, -0.25) is 4.55 Å². The fourth-order valence-electron chi connectivity index (χ4n) is 0.475. The van der Waals surface area contributed by atoms with E-state index in [0.717, 1.165) is 6.20 Å². The highest BCUT2D eigenvalue weighted by molar-refractivity contribution is 7.88. The van der Waals surface area contributed by atoms with Gasteiger partial charge in [-0.2, -0.15) is 8.42 Å². The Bertz CT molecular complexity index is 344. The van der Waals surface area contributed by atoms with Crippen LogP contribution >= 0.6 is 11.3 Å². The average molecular weight is 197 g/mol. The largest absolute Gasteiger partial charge is 0.305 e. The van der Waals surface area contributed by atoms with Crippen molar-refractivity contribution in [3.8, 4) is 0 Å². The van der Waals surface area contributed by atoms with Crippen LogP contribution in [0.3, 0.4) is 0 Å². The summed E-state index contributed by atoms with van der Waals surface area (Å²) in [4.78, 5) is 3.41. The lowest BCUT2D eigenvalue weighted by Gasteiger charge is -1.84. The molecule has 0 saturated carbocycles. The van der Waals surface area contributed by atoms with Crippen LogP contribution in [0.25, 0.3) is 0 Å². The molecule has 1 aromatic heterocycles. The topological polar surface area (TPSA) is 67.3 Å². The zero-order chi connectivity index (χ0) is 8.48. The van der Waals surface area contributed by atoms with Gasteiger partial charge in [-0.15, -0.1) is 11.3 Å². The zero-order valence-corrected chi connectivity index (χ0v) is 6.82. The van der Waals surface area contributed by atoms with Crippen molar-refractivity contribution in [1.82, 2.24) is 4.98 Å². The third kappa shape index (κ3) is 1.95. The van der Waals surface area contributed by atoms with Gasteiger partial charge in [-0.1, -0.05) is 0 Å². The molecule has 11 heavy (non-hydrogen) atoms. The molecule has 1 aromatic rings. The van der Waals surface area contributed by atoms with Crippen LogP contribution in [0.4, 0.5) is 4.39 Å². The van der Waals surface area contributed by atoms with Crippen LogP contribution in [0.5, 0.6) is 0 Å². The minimum atomic E-state index is -4.20. The fraction of sp³-hybridized carbons (Fsp3) is 0.250. The number of nitrogens with zero attached hydrogens (tertiary/aromatic N) is 1. The van der Waals surface area contributed by atoms with Crippen LogP contribution < -0.4 is 0 Å². The highest BCUT2D eigenvalue weighted by Gasteiger charge is 2.13. The Labute approximate surface area is 66.5 Å². The van der Waals surface area contributed by atoms with E-state index in [1.807, 2.05) is 0 Å². The van der Waals surface area contributed by atoms with Crippen LogP contribution in [0.2, 0.25) is 0 Å². The summed E-state index contributed by atoms with van der Waals surface area (Å²) < 4.78 is 40.6. The molecule has 0 radical (unpaired) electrons. The summed E-state index contributed by atoms with van der Waals surface area (Å²) in [5.74, 6) is 0. The molecule has 0 aliphatic heterocycles. The van der Waals surface area contributed by atoms with Crippen molar-refractivity contribution in [2.45, 2.75) is 10.9 Å². The summed E-state index contributed by atoms with van der Waals surface area (Å²) in [6, 6.07) is 0. The van der Waals surface area contributed by atoms with E-state index in [9.17, 15) is 12.8 Å². The Kier molecular flexibility index (Phi) is 2.21. The van der Waals surface area contributed by atoms with Gasteiger partial charge < -0.3 is 0 Å². The number of alkyl halides is 1. The molecule has 7 heteroatoms. The van der Waals surface area contributed by atoms with Crippen molar-refractivity contribution in [3.05, 3.63) is 11.2 Å². The molecule has 0 fully saturated rings. The minimum absolute atomic E-state index is 0.0395. The van der Waals surface area contributed by atoms with Crippen molar-refractivity contribution < 1.29 is 17.4 Å². The van der Waals surface area contributed by atoms with Crippen molar-refractivity contribution >= 4 is 21.5 Å². The first-order valence-corrected chi connectivity index (χ1v) is 4.78. The standard InChI is InChI=1S/C4H4FNO3S2/c5-1-3-6-2-4(10-3)11(7,8)9/h2H,1H2,(H,7,8,9). The Hall–Kier alpha value is -0.530. The summed E-state index contributed by atoms with van der Waals surface area (Å²) in [6.07, 6.45) is 0.926. The SMILES string of the molecule is O=S(=O)(O)c1cnc(CF)s1. The van der Waals surface area contributed by atoms with Crippen molar-refractivity contribution in [1.29, 1.82) is 0 Å². The van der Waals surface area contributed by atoms with E-state index >= 15 is 0 Å². The lowest BCUT2D eigenvalue weighted by atomic mass is 10.8. The summed E-state index contributed by atoms with van der Waals surface area (Å²) in [7, 11) is -4.20. The van der Waals surface area contributed by atoms with Crippen molar-refractivity contribution in [3.63, 3.8) is 0 Å². The molecule has 4 nitrogen and oxygen atoms in total. The van der Waals surface area contributed by atoms with Gasteiger partial charge in [0.05, 0.1) is 6.20 Å². The number of hydrogen-bond donors (Lipinski definition) is 1. The number of aromatic nitrogens is 1. The van der Waals surface area contributed by atoms with Crippen LogP contribution in [-0.4, -0.2) is 18.0 Å². The first-order chi connectivity index (χ1) is 5.04. The number of thiazole rings is 1. The predicted molar refractivity (Wildman–Crippen MR) is 36.7 cm³/mol. The molecule has 0 atom stereocenters. The van der Waals surface area contributed by atoms with Gasteiger partial charge >= 0.3 is 10.1 Å².